The predicted octanol–water partition coefficient (Wildman–Crippen LogP) is 2.89. The van der Waals surface area contributed by atoms with Gasteiger partial charge in [0.05, 0.1) is 11.8 Å². The molecule has 1 saturated heterocycles. The molecule has 2 rings (SSSR count). The summed E-state index contributed by atoms with van der Waals surface area (Å²) < 4.78 is 38.6. The number of carbonyl (C=O) groups is 2. The van der Waals surface area contributed by atoms with Gasteiger partial charge in [-0.05, 0) is 12.1 Å². The summed E-state index contributed by atoms with van der Waals surface area (Å²) in [5.74, 6) is -5.09. The number of aliphatic carboxylic acids is 1. The minimum atomic E-state index is -4.61. The average molecular weight is 347 g/mol. The predicted molar refractivity (Wildman–Crippen MR) is 79.0 cm³/mol. The van der Waals surface area contributed by atoms with Crippen molar-refractivity contribution >= 4 is 23.6 Å². The van der Waals surface area contributed by atoms with Crippen LogP contribution in [0.1, 0.15) is 6.42 Å². The summed E-state index contributed by atoms with van der Waals surface area (Å²) in [6, 6.07) is 9.34. The number of likely N-dealkylation sites (tertiary alicyclic amines) is 1. The highest BCUT2D eigenvalue weighted by Crippen LogP contribution is 2.38. The third kappa shape index (κ3) is 4.63. The maximum absolute atomic E-state index is 12.9. The van der Waals surface area contributed by atoms with Crippen LogP contribution in [0, 0.1) is 11.8 Å². The fourth-order valence-electron chi connectivity index (χ4n) is 2.52. The van der Waals surface area contributed by atoms with E-state index in [-0.39, 0.29) is 13.0 Å². The minimum absolute atomic E-state index is 0.0798. The zero-order chi connectivity index (χ0) is 17.0. The van der Waals surface area contributed by atoms with Crippen LogP contribution in [-0.2, 0) is 9.59 Å². The van der Waals surface area contributed by atoms with Crippen LogP contribution in [0.15, 0.2) is 35.2 Å². The van der Waals surface area contributed by atoms with Gasteiger partial charge in [-0.3, -0.25) is 9.59 Å². The summed E-state index contributed by atoms with van der Waals surface area (Å²) in [6.45, 7) is -0.955. The Morgan fingerprint density at radius 3 is 2.39 bits per heavy atom. The molecule has 4 nitrogen and oxygen atoms in total. The van der Waals surface area contributed by atoms with Gasteiger partial charge in [0.2, 0.25) is 5.91 Å². The molecular weight excluding hydrogens is 331 g/mol. The smallest absolute Gasteiger partial charge is 0.394 e. The molecule has 0 aromatic heterocycles. The number of carbonyl (C=O) groups excluding carboxylic acids is 1. The first kappa shape index (κ1) is 17.7. The lowest BCUT2D eigenvalue weighted by molar-refractivity contribution is -0.188. The van der Waals surface area contributed by atoms with Gasteiger partial charge < -0.3 is 10.0 Å². The second-order valence-electron chi connectivity index (χ2n) is 5.30. The zero-order valence-corrected chi connectivity index (χ0v) is 12.9. The van der Waals surface area contributed by atoms with Crippen molar-refractivity contribution in [2.45, 2.75) is 17.5 Å². The van der Waals surface area contributed by atoms with Crippen molar-refractivity contribution in [3.8, 4) is 0 Å². The molecule has 1 amide bonds. The van der Waals surface area contributed by atoms with E-state index in [9.17, 15) is 22.8 Å². The lowest BCUT2D eigenvalue weighted by atomic mass is 9.96. The van der Waals surface area contributed by atoms with Crippen molar-refractivity contribution in [2.75, 3.05) is 18.8 Å². The van der Waals surface area contributed by atoms with Crippen LogP contribution in [0.5, 0.6) is 0 Å². The Morgan fingerprint density at radius 1 is 1.22 bits per heavy atom. The molecule has 1 heterocycles. The standard InChI is InChI=1S/C15H16F3NO3S/c16-15(17,18)12-9-19(8-11(12)14(21)22)13(20)6-7-23-10-4-2-1-3-5-10/h1-5,11-12H,6-9H2,(H,21,22)/t11-,12-/m1/s1. The summed E-state index contributed by atoms with van der Waals surface area (Å²) >= 11 is 1.43. The molecule has 0 radical (unpaired) electrons. The van der Waals surface area contributed by atoms with Crippen molar-refractivity contribution in [1.29, 1.82) is 0 Å². The number of benzene rings is 1. The average Bonchev–Trinajstić information content (AvgIpc) is 2.94. The molecule has 8 heteroatoms. The van der Waals surface area contributed by atoms with Gasteiger partial charge >= 0.3 is 12.1 Å². The fourth-order valence-corrected chi connectivity index (χ4v) is 3.38. The lowest BCUT2D eigenvalue weighted by Gasteiger charge is -2.18. The van der Waals surface area contributed by atoms with Crippen LogP contribution in [0.25, 0.3) is 0 Å². The highest BCUT2D eigenvalue weighted by molar-refractivity contribution is 7.99. The number of carboxylic acids is 1. The summed E-state index contributed by atoms with van der Waals surface area (Å²) in [7, 11) is 0. The Labute approximate surface area is 135 Å². The third-order valence-corrected chi connectivity index (χ3v) is 4.75. The Kier molecular flexibility index (Phi) is 5.56. The van der Waals surface area contributed by atoms with Gasteiger partial charge in [0.15, 0.2) is 0 Å². The number of hydrogen-bond donors (Lipinski definition) is 1. The van der Waals surface area contributed by atoms with Gasteiger partial charge in [0.25, 0.3) is 0 Å². The number of amides is 1. The molecule has 0 spiro atoms. The number of carboxylic acid groups (broad SMARTS) is 1. The Balaban J connectivity index is 1.89. The van der Waals surface area contributed by atoms with Gasteiger partial charge in [0, 0.05) is 30.2 Å². The first-order valence-electron chi connectivity index (χ1n) is 7.04. The second-order valence-corrected chi connectivity index (χ2v) is 6.47. The van der Waals surface area contributed by atoms with Crippen molar-refractivity contribution < 1.29 is 27.9 Å². The van der Waals surface area contributed by atoms with Crippen LogP contribution < -0.4 is 0 Å². The van der Waals surface area contributed by atoms with Crippen LogP contribution >= 0.6 is 11.8 Å². The van der Waals surface area contributed by atoms with Gasteiger partial charge in [-0.25, -0.2) is 0 Å². The number of hydrogen-bond acceptors (Lipinski definition) is 3. The van der Waals surface area contributed by atoms with E-state index in [0.717, 1.165) is 9.80 Å². The Morgan fingerprint density at radius 2 is 1.87 bits per heavy atom. The molecule has 0 unspecified atom stereocenters. The number of rotatable bonds is 5. The summed E-state index contributed by atoms with van der Waals surface area (Å²) in [5.41, 5.74) is 0. The summed E-state index contributed by atoms with van der Waals surface area (Å²) in [6.07, 6.45) is -4.53. The van der Waals surface area contributed by atoms with Gasteiger partial charge in [0.1, 0.15) is 0 Å². The van der Waals surface area contributed by atoms with Crippen LogP contribution in [-0.4, -0.2) is 46.9 Å². The van der Waals surface area contributed by atoms with E-state index in [0.29, 0.717) is 5.75 Å². The van der Waals surface area contributed by atoms with Crippen LogP contribution in [0.2, 0.25) is 0 Å². The van der Waals surface area contributed by atoms with E-state index in [4.69, 9.17) is 5.11 Å². The zero-order valence-electron chi connectivity index (χ0n) is 12.1. The van der Waals surface area contributed by atoms with E-state index >= 15 is 0 Å². The van der Waals surface area contributed by atoms with E-state index in [1.165, 1.54) is 11.8 Å². The topological polar surface area (TPSA) is 57.6 Å². The SMILES string of the molecule is O=C(O)[C@@H]1CN(C(=O)CCSc2ccccc2)C[C@H]1C(F)(F)F. The second kappa shape index (κ2) is 7.25. The number of thioether (sulfide) groups is 1. The maximum Gasteiger partial charge on any atom is 0.394 e. The first-order valence-corrected chi connectivity index (χ1v) is 8.02. The van der Waals surface area contributed by atoms with Crippen molar-refractivity contribution in [3.05, 3.63) is 30.3 Å². The number of nitrogens with zero attached hydrogens (tertiary/aromatic N) is 1. The van der Waals surface area contributed by atoms with Crippen LogP contribution in [0.4, 0.5) is 13.2 Å². The normalized spacial score (nSPS) is 21.4. The molecule has 1 aromatic carbocycles. The fraction of sp³-hybridized carbons (Fsp3) is 0.467. The number of halogens is 3. The van der Waals surface area contributed by atoms with Gasteiger partial charge in [-0.15, -0.1) is 11.8 Å². The monoisotopic (exact) mass is 347 g/mol. The van der Waals surface area contributed by atoms with Crippen molar-refractivity contribution in [1.82, 2.24) is 4.90 Å². The highest BCUT2D eigenvalue weighted by atomic mass is 32.2. The summed E-state index contributed by atoms with van der Waals surface area (Å²) in [4.78, 5) is 25.0. The molecule has 23 heavy (non-hydrogen) atoms. The molecule has 0 bridgehead atoms. The lowest BCUT2D eigenvalue weighted by Crippen LogP contribution is -2.34. The van der Waals surface area contributed by atoms with E-state index in [1.54, 1.807) is 0 Å². The van der Waals surface area contributed by atoms with Crippen molar-refractivity contribution in [3.63, 3.8) is 0 Å². The molecule has 2 atom stereocenters. The molecular formula is C15H16F3NO3S. The minimum Gasteiger partial charge on any atom is -0.481 e. The first-order chi connectivity index (χ1) is 10.8. The van der Waals surface area contributed by atoms with E-state index in [2.05, 4.69) is 0 Å². The van der Waals surface area contributed by atoms with Crippen LogP contribution in [0.3, 0.4) is 0 Å². The number of alkyl halides is 3. The molecule has 0 aliphatic carbocycles. The Hall–Kier alpha value is -1.70. The van der Waals surface area contributed by atoms with Gasteiger partial charge in [-0.2, -0.15) is 13.2 Å². The quantitative estimate of drug-likeness (QED) is 0.832. The molecule has 1 aliphatic heterocycles. The van der Waals surface area contributed by atoms with Crippen molar-refractivity contribution in [2.24, 2.45) is 11.8 Å². The molecule has 1 N–H and O–H groups in total. The van der Waals surface area contributed by atoms with Gasteiger partial charge in [-0.1, -0.05) is 18.2 Å². The largest absolute Gasteiger partial charge is 0.481 e. The Bertz CT molecular complexity index is 565. The molecule has 1 aromatic rings. The van der Waals surface area contributed by atoms with E-state index in [1.807, 2.05) is 30.3 Å². The third-order valence-electron chi connectivity index (χ3n) is 3.74. The highest BCUT2D eigenvalue weighted by Gasteiger charge is 2.53. The molecule has 126 valence electrons. The van der Waals surface area contributed by atoms with E-state index < -0.39 is 36.4 Å². The molecule has 1 fully saturated rings. The molecule has 0 saturated carbocycles. The molecule has 1 aliphatic rings. The summed E-state index contributed by atoms with van der Waals surface area (Å²) in [5, 5.41) is 8.93. The maximum atomic E-state index is 12.9.